The lowest BCUT2D eigenvalue weighted by Gasteiger charge is -2.14. The Hall–Kier alpha value is -2.93. The molecule has 1 unspecified atom stereocenters. The Morgan fingerprint density at radius 2 is 1.78 bits per heavy atom. The summed E-state index contributed by atoms with van der Waals surface area (Å²) < 4.78 is 1.84. The minimum atomic E-state index is -0.636. The van der Waals surface area contributed by atoms with Gasteiger partial charge in [-0.2, -0.15) is 0 Å². The number of carbonyl (C=O) groups excluding carboxylic acids is 3. The van der Waals surface area contributed by atoms with Crippen LogP contribution >= 0.6 is 0 Å². The first-order valence-electron chi connectivity index (χ1n) is 9.00. The molecule has 2 heterocycles. The van der Waals surface area contributed by atoms with Crippen molar-refractivity contribution in [3.63, 3.8) is 0 Å². The molecule has 0 aliphatic carbocycles. The Morgan fingerprint density at radius 3 is 2.37 bits per heavy atom. The van der Waals surface area contributed by atoms with Crippen molar-refractivity contribution < 1.29 is 19.5 Å². The topological polar surface area (TPSA) is 91.6 Å². The van der Waals surface area contributed by atoms with Crippen molar-refractivity contribution in [2.24, 2.45) is 7.05 Å². The molecule has 0 radical (unpaired) electrons. The number of aryl methyl sites for hydroxylation is 1. The predicted octanol–water partition coefficient (Wildman–Crippen LogP) is 1.64. The molecule has 0 saturated heterocycles. The average Bonchev–Trinajstić information content (AvgIpc) is 3.19. The largest absolute Gasteiger partial charge is 0.387 e. The van der Waals surface area contributed by atoms with Gasteiger partial charge in [-0.1, -0.05) is 12.1 Å². The van der Waals surface area contributed by atoms with E-state index in [0.29, 0.717) is 30.5 Å². The lowest BCUT2D eigenvalue weighted by atomic mass is 10.1. The number of rotatable bonds is 8. The minimum absolute atomic E-state index is 0.161. The second kappa shape index (κ2) is 8.18. The number of hydrogen-bond donors (Lipinski definition) is 2. The van der Waals surface area contributed by atoms with Crippen LogP contribution in [-0.2, 0) is 11.8 Å². The molecule has 1 aromatic carbocycles. The number of aliphatic hydroxyl groups excluding tert-OH is 1. The molecule has 0 fully saturated rings. The number of fused-ring (bicyclic) bond motifs is 1. The standard InChI is InChI=1S/C20H23N3O4/c1-22-12-4-8-16(22)17(24)10-11-21-18(25)9-5-13-23-19(26)14-6-2-3-7-15(14)20(23)27/h2-4,6-8,12,17,24H,5,9-11,13H2,1H3,(H,21,25). The van der Waals surface area contributed by atoms with Crippen LogP contribution in [0.2, 0.25) is 0 Å². The molecule has 7 heteroatoms. The van der Waals surface area contributed by atoms with E-state index in [-0.39, 0.29) is 30.7 Å². The van der Waals surface area contributed by atoms with Crippen LogP contribution in [0.1, 0.15) is 51.8 Å². The summed E-state index contributed by atoms with van der Waals surface area (Å²) >= 11 is 0. The van der Waals surface area contributed by atoms with Crippen molar-refractivity contribution in [3.05, 3.63) is 59.4 Å². The van der Waals surface area contributed by atoms with Gasteiger partial charge in [0.25, 0.3) is 11.8 Å². The van der Waals surface area contributed by atoms with Crippen LogP contribution in [-0.4, -0.2) is 45.4 Å². The number of imide groups is 1. The maximum atomic E-state index is 12.2. The van der Waals surface area contributed by atoms with E-state index in [1.807, 2.05) is 29.9 Å². The molecule has 1 aromatic heterocycles. The summed E-state index contributed by atoms with van der Waals surface area (Å²) in [6.07, 6.45) is 2.26. The second-order valence-electron chi connectivity index (χ2n) is 6.61. The summed E-state index contributed by atoms with van der Waals surface area (Å²) in [7, 11) is 1.86. The maximum absolute atomic E-state index is 12.2. The molecule has 0 spiro atoms. The highest BCUT2D eigenvalue weighted by Crippen LogP contribution is 2.22. The molecule has 0 saturated carbocycles. The third kappa shape index (κ3) is 4.09. The predicted molar refractivity (Wildman–Crippen MR) is 99.0 cm³/mol. The van der Waals surface area contributed by atoms with Gasteiger partial charge in [0, 0.05) is 38.4 Å². The van der Waals surface area contributed by atoms with Gasteiger partial charge in [0.1, 0.15) is 0 Å². The molecule has 2 aromatic rings. The average molecular weight is 369 g/mol. The van der Waals surface area contributed by atoms with Gasteiger partial charge in [-0.25, -0.2) is 0 Å². The van der Waals surface area contributed by atoms with Crippen molar-refractivity contribution in [1.29, 1.82) is 0 Å². The van der Waals surface area contributed by atoms with Crippen LogP contribution in [0.15, 0.2) is 42.6 Å². The molecular formula is C20H23N3O4. The molecule has 142 valence electrons. The van der Waals surface area contributed by atoms with Crippen LogP contribution in [0.5, 0.6) is 0 Å². The highest BCUT2D eigenvalue weighted by molar-refractivity contribution is 6.21. The van der Waals surface area contributed by atoms with Crippen molar-refractivity contribution in [2.45, 2.75) is 25.4 Å². The Bertz CT molecular complexity index is 823. The van der Waals surface area contributed by atoms with Gasteiger partial charge in [-0.3, -0.25) is 19.3 Å². The Balaban J connectivity index is 1.39. The van der Waals surface area contributed by atoms with E-state index in [0.717, 1.165) is 5.69 Å². The molecular weight excluding hydrogens is 346 g/mol. The van der Waals surface area contributed by atoms with E-state index in [2.05, 4.69) is 5.32 Å². The highest BCUT2D eigenvalue weighted by Gasteiger charge is 2.34. The van der Waals surface area contributed by atoms with Crippen molar-refractivity contribution in [2.75, 3.05) is 13.1 Å². The van der Waals surface area contributed by atoms with Crippen molar-refractivity contribution >= 4 is 17.7 Å². The van der Waals surface area contributed by atoms with Gasteiger partial charge < -0.3 is 15.0 Å². The Labute approximate surface area is 157 Å². The number of nitrogens with one attached hydrogen (secondary N) is 1. The van der Waals surface area contributed by atoms with Crippen molar-refractivity contribution in [3.8, 4) is 0 Å². The summed E-state index contributed by atoms with van der Waals surface area (Å²) in [4.78, 5) is 37.6. The SMILES string of the molecule is Cn1cccc1C(O)CCNC(=O)CCCN1C(=O)c2ccccc2C1=O. The van der Waals surface area contributed by atoms with Gasteiger partial charge >= 0.3 is 0 Å². The monoisotopic (exact) mass is 369 g/mol. The molecule has 3 rings (SSSR count). The van der Waals surface area contributed by atoms with E-state index in [4.69, 9.17) is 0 Å². The van der Waals surface area contributed by atoms with E-state index in [9.17, 15) is 19.5 Å². The third-order valence-corrected chi connectivity index (χ3v) is 4.73. The van der Waals surface area contributed by atoms with Gasteiger partial charge in [-0.15, -0.1) is 0 Å². The summed E-state index contributed by atoms with van der Waals surface area (Å²) in [5.74, 6) is -0.769. The second-order valence-corrected chi connectivity index (χ2v) is 6.61. The third-order valence-electron chi connectivity index (χ3n) is 4.73. The molecule has 3 amide bonds. The van der Waals surface area contributed by atoms with E-state index in [1.165, 1.54) is 4.90 Å². The van der Waals surface area contributed by atoms with E-state index < -0.39 is 6.10 Å². The first-order valence-corrected chi connectivity index (χ1v) is 9.00. The zero-order chi connectivity index (χ0) is 19.4. The van der Waals surface area contributed by atoms with Crippen LogP contribution < -0.4 is 5.32 Å². The fourth-order valence-electron chi connectivity index (χ4n) is 3.25. The van der Waals surface area contributed by atoms with Crippen LogP contribution in [0.25, 0.3) is 0 Å². The van der Waals surface area contributed by atoms with Crippen LogP contribution in [0.4, 0.5) is 0 Å². The summed E-state index contributed by atoms with van der Waals surface area (Å²) in [6.45, 7) is 0.573. The minimum Gasteiger partial charge on any atom is -0.387 e. The Kier molecular flexibility index (Phi) is 5.71. The van der Waals surface area contributed by atoms with E-state index >= 15 is 0 Å². The van der Waals surface area contributed by atoms with Gasteiger partial charge in [0.2, 0.25) is 5.91 Å². The fourth-order valence-corrected chi connectivity index (χ4v) is 3.25. The zero-order valence-electron chi connectivity index (χ0n) is 15.2. The Morgan fingerprint density at radius 1 is 1.11 bits per heavy atom. The van der Waals surface area contributed by atoms with E-state index in [1.54, 1.807) is 24.3 Å². The summed E-state index contributed by atoms with van der Waals surface area (Å²) in [5.41, 5.74) is 1.64. The highest BCUT2D eigenvalue weighted by atomic mass is 16.3. The first kappa shape index (κ1) is 18.8. The number of hydrogen-bond acceptors (Lipinski definition) is 4. The molecule has 1 aliphatic rings. The number of amides is 3. The zero-order valence-corrected chi connectivity index (χ0v) is 15.2. The first-order chi connectivity index (χ1) is 13.0. The fraction of sp³-hybridized carbons (Fsp3) is 0.350. The number of aliphatic hydroxyl groups is 1. The lowest BCUT2D eigenvalue weighted by Crippen LogP contribution is -2.32. The quantitative estimate of drug-likeness (QED) is 0.692. The van der Waals surface area contributed by atoms with Crippen LogP contribution in [0.3, 0.4) is 0 Å². The summed E-state index contributed by atoms with van der Waals surface area (Å²) in [5, 5.41) is 12.9. The number of aromatic nitrogens is 1. The normalized spacial score (nSPS) is 14.4. The summed E-state index contributed by atoms with van der Waals surface area (Å²) in [6, 6.07) is 10.4. The number of benzene rings is 1. The van der Waals surface area contributed by atoms with Gasteiger partial charge in [-0.05, 0) is 37.1 Å². The number of nitrogens with zero attached hydrogens (tertiary/aromatic N) is 2. The molecule has 1 aliphatic heterocycles. The smallest absolute Gasteiger partial charge is 0.261 e. The molecule has 2 N–H and O–H groups in total. The van der Waals surface area contributed by atoms with Crippen molar-refractivity contribution in [1.82, 2.24) is 14.8 Å². The van der Waals surface area contributed by atoms with Gasteiger partial charge in [0.15, 0.2) is 0 Å². The molecule has 1 atom stereocenters. The molecule has 0 bridgehead atoms. The number of carbonyl (C=O) groups is 3. The molecule has 27 heavy (non-hydrogen) atoms. The molecule has 7 nitrogen and oxygen atoms in total. The van der Waals surface area contributed by atoms with Gasteiger partial charge in [0.05, 0.1) is 17.2 Å². The maximum Gasteiger partial charge on any atom is 0.261 e. The lowest BCUT2D eigenvalue weighted by molar-refractivity contribution is -0.121. The van der Waals surface area contributed by atoms with Crippen LogP contribution in [0, 0.1) is 0 Å².